The molecule has 2 unspecified atom stereocenters. The van der Waals surface area contributed by atoms with Crippen molar-refractivity contribution in [3.05, 3.63) is 24.2 Å². The maximum atomic E-state index is 5.70. The summed E-state index contributed by atoms with van der Waals surface area (Å²) in [7, 11) is 0. The van der Waals surface area contributed by atoms with Crippen LogP contribution in [0.15, 0.2) is 23.0 Å². The van der Waals surface area contributed by atoms with Gasteiger partial charge in [-0.05, 0) is 12.5 Å². The van der Waals surface area contributed by atoms with Crippen LogP contribution >= 0.6 is 0 Å². The first kappa shape index (κ1) is 8.78. The Morgan fingerprint density at radius 1 is 1.62 bits per heavy atom. The molecule has 13 heavy (non-hydrogen) atoms. The molecule has 0 spiro atoms. The summed E-state index contributed by atoms with van der Waals surface area (Å²) >= 11 is 0. The lowest BCUT2D eigenvalue weighted by Gasteiger charge is -2.29. The summed E-state index contributed by atoms with van der Waals surface area (Å²) in [6.07, 6.45) is 4.72. The molecular formula is C10H15NO2. The van der Waals surface area contributed by atoms with Gasteiger partial charge in [-0.2, -0.15) is 0 Å². The summed E-state index contributed by atoms with van der Waals surface area (Å²) in [5, 5.41) is 3.44. The van der Waals surface area contributed by atoms with E-state index in [-0.39, 0.29) is 6.10 Å². The Bertz CT molecular complexity index is 237. The molecule has 1 aromatic heterocycles. The molecule has 0 bridgehead atoms. The lowest BCUT2D eigenvalue weighted by Crippen LogP contribution is -2.42. The number of hydrogen-bond acceptors (Lipinski definition) is 3. The van der Waals surface area contributed by atoms with E-state index in [0.29, 0.717) is 6.04 Å². The van der Waals surface area contributed by atoms with Gasteiger partial charge in [-0.15, -0.1) is 0 Å². The van der Waals surface area contributed by atoms with Gasteiger partial charge in [-0.3, -0.25) is 0 Å². The predicted molar refractivity (Wildman–Crippen MR) is 49.5 cm³/mol. The first-order valence-corrected chi connectivity index (χ1v) is 4.77. The highest BCUT2D eigenvalue weighted by atomic mass is 16.5. The Morgan fingerprint density at radius 3 is 3.08 bits per heavy atom. The molecule has 0 aromatic carbocycles. The molecule has 0 radical (unpaired) electrons. The molecule has 2 heterocycles. The Labute approximate surface area is 78.1 Å². The van der Waals surface area contributed by atoms with Crippen molar-refractivity contribution in [2.75, 3.05) is 13.2 Å². The zero-order chi connectivity index (χ0) is 9.10. The maximum Gasteiger partial charge on any atom is 0.0980 e. The molecular weight excluding hydrogens is 166 g/mol. The van der Waals surface area contributed by atoms with E-state index in [1.54, 1.807) is 12.5 Å². The van der Waals surface area contributed by atoms with E-state index in [1.807, 2.05) is 6.07 Å². The summed E-state index contributed by atoms with van der Waals surface area (Å²) in [5.74, 6) is 0. The third-order valence-electron chi connectivity index (χ3n) is 2.50. The van der Waals surface area contributed by atoms with Gasteiger partial charge in [-0.25, -0.2) is 0 Å². The predicted octanol–water partition coefficient (Wildman–Crippen LogP) is 1.72. The Hall–Kier alpha value is -0.800. The molecule has 1 N–H and O–H groups in total. The van der Waals surface area contributed by atoms with Crippen LogP contribution in [-0.4, -0.2) is 19.2 Å². The fraction of sp³-hybridized carbons (Fsp3) is 0.600. The molecule has 1 aromatic rings. The molecule has 1 saturated heterocycles. The van der Waals surface area contributed by atoms with Crippen molar-refractivity contribution in [2.24, 2.45) is 0 Å². The largest absolute Gasteiger partial charge is 0.472 e. The number of hydrogen-bond donors (Lipinski definition) is 1. The second kappa shape index (κ2) is 3.94. The maximum absolute atomic E-state index is 5.70. The summed E-state index contributed by atoms with van der Waals surface area (Å²) < 4.78 is 10.7. The SMILES string of the molecule is CCC1COC(c2ccoc2)CN1. The van der Waals surface area contributed by atoms with Crippen LogP contribution in [0, 0.1) is 0 Å². The van der Waals surface area contributed by atoms with Crippen LogP contribution in [-0.2, 0) is 4.74 Å². The van der Waals surface area contributed by atoms with Crippen LogP contribution in [0.4, 0.5) is 0 Å². The molecule has 0 aliphatic carbocycles. The Kier molecular flexibility index (Phi) is 2.66. The van der Waals surface area contributed by atoms with Crippen molar-refractivity contribution in [3.8, 4) is 0 Å². The molecule has 2 rings (SSSR count). The van der Waals surface area contributed by atoms with E-state index in [1.165, 1.54) is 0 Å². The summed E-state index contributed by atoms with van der Waals surface area (Å²) in [4.78, 5) is 0. The Morgan fingerprint density at radius 2 is 2.54 bits per heavy atom. The van der Waals surface area contributed by atoms with Gasteiger partial charge in [0.15, 0.2) is 0 Å². The quantitative estimate of drug-likeness (QED) is 0.754. The van der Waals surface area contributed by atoms with E-state index in [2.05, 4.69) is 12.2 Å². The van der Waals surface area contributed by atoms with Crippen LogP contribution in [0.3, 0.4) is 0 Å². The third kappa shape index (κ3) is 1.92. The summed E-state index contributed by atoms with van der Waals surface area (Å²) in [6, 6.07) is 2.47. The standard InChI is InChI=1S/C10H15NO2/c1-2-9-7-13-10(5-11-9)8-3-4-12-6-8/h3-4,6,9-11H,2,5,7H2,1H3. The van der Waals surface area contributed by atoms with Crippen LogP contribution in [0.1, 0.15) is 25.0 Å². The van der Waals surface area contributed by atoms with Gasteiger partial charge >= 0.3 is 0 Å². The van der Waals surface area contributed by atoms with Gasteiger partial charge in [0.1, 0.15) is 0 Å². The first-order valence-electron chi connectivity index (χ1n) is 4.77. The zero-order valence-electron chi connectivity index (χ0n) is 7.82. The summed E-state index contributed by atoms with van der Waals surface area (Å²) in [5.41, 5.74) is 1.13. The number of nitrogens with one attached hydrogen (secondary N) is 1. The van der Waals surface area contributed by atoms with E-state index >= 15 is 0 Å². The molecule has 1 aliphatic rings. The lowest BCUT2D eigenvalue weighted by molar-refractivity contribution is 0.00194. The monoisotopic (exact) mass is 181 g/mol. The molecule has 1 fully saturated rings. The third-order valence-corrected chi connectivity index (χ3v) is 2.50. The highest BCUT2D eigenvalue weighted by Crippen LogP contribution is 2.20. The normalized spacial score (nSPS) is 29.0. The molecule has 3 heteroatoms. The van der Waals surface area contributed by atoms with Crippen molar-refractivity contribution in [3.63, 3.8) is 0 Å². The molecule has 1 aliphatic heterocycles. The van der Waals surface area contributed by atoms with Crippen molar-refractivity contribution in [1.29, 1.82) is 0 Å². The molecule has 72 valence electrons. The van der Waals surface area contributed by atoms with Gasteiger partial charge < -0.3 is 14.5 Å². The van der Waals surface area contributed by atoms with Gasteiger partial charge in [0.2, 0.25) is 0 Å². The number of furan rings is 1. The topological polar surface area (TPSA) is 34.4 Å². The molecule has 3 nitrogen and oxygen atoms in total. The smallest absolute Gasteiger partial charge is 0.0980 e. The highest BCUT2D eigenvalue weighted by molar-refractivity contribution is 5.10. The van der Waals surface area contributed by atoms with Crippen molar-refractivity contribution in [2.45, 2.75) is 25.5 Å². The van der Waals surface area contributed by atoms with Gasteiger partial charge in [0.05, 0.1) is 25.2 Å². The van der Waals surface area contributed by atoms with Crippen LogP contribution < -0.4 is 5.32 Å². The molecule has 2 atom stereocenters. The van der Waals surface area contributed by atoms with E-state index in [0.717, 1.165) is 25.1 Å². The summed E-state index contributed by atoms with van der Waals surface area (Å²) in [6.45, 7) is 3.85. The number of morpholine rings is 1. The van der Waals surface area contributed by atoms with Crippen LogP contribution in [0.5, 0.6) is 0 Å². The number of rotatable bonds is 2. The minimum Gasteiger partial charge on any atom is -0.472 e. The fourth-order valence-corrected chi connectivity index (χ4v) is 1.56. The Balaban J connectivity index is 1.92. The molecule has 0 saturated carbocycles. The van der Waals surface area contributed by atoms with Gasteiger partial charge in [0.25, 0.3) is 0 Å². The minimum absolute atomic E-state index is 0.168. The highest BCUT2D eigenvalue weighted by Gasteiger charge is 2.21. The van der Waals surface area contributed by atoms with Gasteiger partial charge in [0, 0.05) is 18.2 Å². The second-order valence-corrected chi connectivity index (χ2v) is 3.39. The molecule has 0 amide bonds. The van der Waals surface area contributed by atoms with Crippen molar-refractivity contribution in [1.82, 2.24) is 5.32 Å². The van der Waals surface area contributed by atoms with Crippen LogP contribution in [0.2, 0.25) is 0 Å². The van der Waals surface area contributed by atoms with Crippen LogP contribution in [0.25, 0.3) is 0 Å². The average Bonchev–Trinajstić information content (AvgIpc) is 2.71. The fourth-order valence-electron chi connectivity index (χ4n) is 1.56. The van der Waals surface area contributed by atoms with E-state index in [9.17, 15) is 0 Å². The second-order valence-electron chi connectivity index (χ2n) is 3.39. The number of ether oxygens (including phenoxy) is 1. The zero-order valence-corrected chi connectivity index (χ0v) is 7.82. The van der Waals surface area contributed by atoms with Gasteiger partial charge in [-0.1, -0.05) is 6.92 Å². The van der Waals surface area contributed by atoms with Crippen molar-refractivity contribution < 1.29 is 9.15 Å². The minimum atomic E-state index is 0.168. The average molecular weight is 181 g/mol. The lowest BCUT2D eigenvalue weighted by atomic mass is 10.1. The van der Waals surface area contributed by atoms with E-state index < -0.39 is 0 Å². The first-order chi connectivity index (χ1) is 6.40. The van der Waals surface area contributed by atoms with E-state index in [4.69, 9.17) is 9.15 Å². The van der Waals surface area contributed by atoms with Crippen molar-refractivity contribution >= 4 is 0 Å².